The second-order valence-corrected chi connectivity index (χ2v) is 10.5. The third-order valence-electron chi connectivity index (χ3n) is 5.83. The van der Waals surface area contributed by atoms with Crippen LogP contribution in [0.3, 0.4) is 0 Å². The van der Waals surface area contributed by atoms with Crippen LogP contribution in [0.4, 0.5) is 5.69 Å². The monoisotopic (exact) mass is 472 g/mol. The summed E-state index contributed by atoms with van der Waals surface area (Å²) < 4.78 is 38.8. The van der Waals surface area contributed by atoms with E-state index in [0.717, 1.165) is 16.7 Å². The Hall–Kier alpha value is -3.10. The molecule has 7 nitrogen and oxygen atoms in total. The van der Waals surface area contributed by atoms with E-state index in [1.807, 2.05) is 32.9 Å². The van der Waals surface area contributed by atoms with E-state index in [9.17, 15) is 13.2 Å². The number of carboxylic acid groups (broad SMARTS) is 1. The second kappa shape index (κ2) is 9.41. The molecule has 0 fully saturated rings. The molecular weight excluding hydrogens is 442 g/mol. The fourth-order valence-electron chi connectivity index (χ4n) is 3.71. The number of sulfonamides is 1. The van der Waals surface area contributed by atoms with Crippen molar-refractivity contribution < 1.29 is 27.5 Å². The van der Waals surface area contributed by atoms with Gasteiger partial charge in [0.1, 0.15) is 12.4 Å². The largest absolute Gasteiger partial charge is 0.483 e. The van der Waals surface area contributed by atoms with Crippen molar-refractivity contribution in [2.24, 2.45) is 0 Å². The van der Waals surface area contributed by atoms with Crippen LogP contribution >= 0.6 is 0 Å². The van der Waals surface area contributed by atoms with Gasteiger partial charge in [-0.05, 0) is 68.1 Å². The molecule has 0 saturated heterocycles. The Bertz CT molecular complexity index is 1260. The fraction of sp³-hybridized carbons (Fsp3) is 0.320. The van der Waals surface area contributed by atoms with Crippen molar-refractivity contribution >= 4 is 21.7 Å². The van der Waals surface area contributed by atoms with Gasteiger partial charge in [-0.25, -0.2) is 4.79 Å². The first-order chi connectivity index (χ1) is 15.5. The Morgan fingerprint density at radius 2 is 1.67 bits per heavy atom. The zero-order chi connectivity index (χ0) is 24.4. The van der Waals surface area contributed by atoms with Crippen molar-refractivity contribution in [1.29, 1.82) is 0 Å². The Kier molecular flexibility index (Phi) is 7.00. The molecule has 0 radical (unpaired) electrons. The van der Waals surface area contributed by atoms with Gasteiger partial charge >= 0.3 is 16.0 Å². The van der Waals surface area contributed by atoms with E-state index in [2.05, 4.69) is 0 Å². The van der Waals surface area contributed by atoms with Crippen LogP contribution in [-0.2, 0) is 16.6 Å². The zero-order valence-electron chi connectivity index (χ0n) is 19.6. The summed E-state index contributed by atoms with van der Waals surface area (Å²) in [5.74, 6) is -0.00822. The second-order valence-electron chi connectivity index (χ2n) is 8.36. The number of aryl methyl sites for hydroxylation is 3. The van der Waals surface area contributed by atoms with Gasteiger partial charge in [-0.15, -0.1) is 0 Å². The highest BCUT2D eigenvalue weighted by Gasteiger charge is 2.45. The van der Waals surface area contributed by atoms with Crippen LogP contribution in [0, 0.1) is 20.8 Å². The lowest BCUT2D eigenvalue weighted by Crippen LogP contribution is -2.51. The molecule has 3 rings (SSSR count). The summed E-state index contributed by atoms with van der Waals surface area (Å²) in [5, 5.41) is 9.01. The minimum atomic E-state index is -3.92. The van der Waals surface area contributed by atoms with Crippen molar-refractivity contribution in [3.8, 4) is 5.75 Å². The topological polar surface area (TPSA) is 93.8 Å². The molecule has 0 amide bonds. The summed E-state index contributed by atoms with van der Waals surface area (Å²) in [7, 11) is -2.26. The van der Waals surface area contributed by atoms with Gasteiger partial charge in [0.2, 0.25) is 0 Å². The number of benzene rings is 2. The van der Waals surface area contributed by atoms with Crippen molar-refractivity contribution in [3.63, 3.8) is 0 Å². The highest BCUT2D eigenvalue weighted by Crippen LogP contribution is 2.40. The average molecular weight is 473 g/mol. The van der Waals surface area contributed by atoms with Gasteiger partial charge in [0.05, 0.1) is 19.2 Å². The summed E-state index contributed by atoms with van der Waals surface area (Å²) in [6.07, 6.45) is 0.623. The summed E-state index contributed by atoms with van der Waals surface area (Å²) in [6.45, 7) is 8.03. The predicted molar refractivity (Wildman–Crippen MR) is 127 cm³/mol. The van der Waals surface area contributed by atoms with E-state index in [-0.39, 0.29) is 17.3 Å². The van der Waals surface area contributed by atoms with Gasteiger partial charge in [0.25, 0.3) is 5.09 Å². The molecule has 0 saturated carbocycles. The van der Waals surface area contributed by atoms with Crippen molar-refractivity contribution in [2.45, 2.75) is 45.8 Å². The Balaban J connectivity index is 2.06. The highest BCUT2D eigenvalue weighted by atomic mass is 32.2. The number of aromatic carboxylic acids is 1. The highest BCUT2D eigenvalue weighted by molar-refractivity contribution is 7.90. The smallest absolute Gasteiger partial charge is 0.365 e. The van der Waals surface area contributed by atoms with E-state index in [0.29, 0.717) is 30.2 Å². The number of rotatable bonds is 9. The predicted octanol–water partition coefficient (Wildman–Crippen LogP) is 5.22. The third kappa shape index (κ3) is 4.82. The van der Waals surface area contributed by atoms with E-state index >= 15 is 0 Å². The molecule has 1 unspecified atom stereocenters. The van der Waals surface area contributed by atoms with Gasteiger partial charge in [0.15, 0.2) is 11.4 Å². The third-order valence-corrected chi connectivity index (χ3v) is 8.00. The van der Waals surface area contributed by atoms with Crippen LogP contribution in [0.1, 0.15) is 46.2 Å². The maximum Gasteiger partial charge on any atom is 0.365 e. The van der Waals surface area contributed by atoms with E-state index in [1.54, 1.807) is 32.2 Å². The van der Waals surface area contributed by atoms with Crippen molar-refractivity contribution in [2.75, 3.05) is 13.6 Å². The number of nitrogens with zero attached hydrogens (tertiary/aromatic N) is 1. The lowest BCUT2D eigenvalue weighted by atomic mass is 10.1. The van der Waals surface area contributed by atoms with Gasteiger partial charge in [0, 0.05) is 12.1 Å². The van der Waals surface area contributed by atoms with Crippen molar-refractivity contribution in [3.05, 3.63) is 76.5 Å². The number of furan rings is 1. The number of hydrogen-bond donors (Lipinski definition) is 1. The standard InChI is InChI=1S/C25H29NO6S/c1-6-13-26(5,33(29,30)24-12-7-19(4)32-24)22-14-17(2)18(3)15-23(22)31-16-20-8-10-21(11-9-20)25(27)28/h7-12,14-15H,6,13,16H2,1-5H3/p+1. The van der Waals surface area contributed by atoms with E-state index < -0.39 is 19.9 Å². The van der Waals surface area contributed by atoms with Crippen molar-refractivity contribution in [1.82, 2.24) is 3.89 Å². The number of hydrogen-bond acceptors (Lipinski definition) is 5. The minimum Gasteiger partial charge on any atom is -0.483 e. The van der Waals surface area contributed by atoms with E-state index in [1.165, 1.54) is 18.2 Å². The first kappa shape index (κ1) is 24.5. The lowest BCUT2D eigenvalue weighted by Gasteiger charge is -2.32. The van der Waals surface area contributed by atoms with Crippen LogP contribution in [-0.4, -0.2) is 33.1 Å². The maximum absolute atomic E-state index is 13.7. The van der Waals surface area contributed by atoms with Crippen LogP contribution in [0.25, 0.3) is 0 Å². The molecule has 2 aromatic carbocycles. The Labute approximate surface area is 194 Å². The number of carboxylic acids is 1. The molecule has 0 aliphatic carbocycles. The molecule has 1 atom stereocenters. The molecule has 1 aromatic heterocycles. The lowest BCUT2D eigenvalue weighted by molar-refractivity contribution is 0.0697. The first-order valence-corrected chi connectivity index (χ1v) is 12.2. The van der Waals surface area contributed by atoms with Gasteiger partial charge in [-0.2, -0.15) is 12.3 Å². The molecule has 0 spiro atoms. The molecule has 1 N–H and O–H groups in total. The first-order valence-electron chi connectivity index (χ1n) is 10.7. The molecule has 176 valence electrons. The number of carbonyl (C=O) groups is 1. The Morgan fingerprint density at radius 1 is 1.03 bits per heavy atom. The fourth-order valence-corrected chi connectivity index (χ4v) is 5.41. The van der Waals surface area contributed by atoms with Gasteiger partial charge in [-0.1, -0.05) is 19.1 Å². The Morgan fingerprint density at radius 3 is 2.21 bits per heavy atom. The molecule has 0 aliphatic rings. The molecule has 33 heavy (non-hydrogen) atoms. The van der Waals surface area contributed by atoms with Crippen LogP contribution in [0.5, 0.6) is 5.75 Å². The maximum atomic E-state index is 13.7. The molecule has 0 aliphatic heterocycles. The normalized spacial score (nSPS) is 13.5. The average Bonchev–Trinajstić information content (AvgIpc) is 3.21. The molecule has 3 aromatic rings. The summed E-state index contributed by atoms with van der Waals surface area (Å²) in [4.78, 5) is 11.1. The molecule has 1 heterocycles. The molecule has 0 bridgehead atoms. The number of ether oxygens (including phenoxy) is 1. The number of quaternary nitrogens is 1. The summed E-state index contributed by atoms with van der Waals surface area (Å²) >= 11 is 0. The molecule has 8 heteroatoms. The van der Waals surface area contributed by atoms with Crippen LogP contribution < -0.4 is 8.63 Å². The summed E-state index contributed by atoms with van der Waals surface area (Å²) in [5.41, 5.74) is 3.42. The molecular formula is C25H30NO6S+. The van der Waals surface area contributed by atoms with Crippen LogP contribution in [0.15, 0.2) is 58.0 Å². The van der Waals surface area contributed by atoms with Gasteiger partial charge < -0.3 is 14.3 Å². The van der Waals surface area contributed by atoms with Crippen LogP contribution in [0.2, 0.25) is 0 Å². The van der Waals surface area contributed by atoms with Gasteiger partial charge in [-0.3, -0.25) is 0 Å². The summed E-state index contributed by atoms with van der Waals surface area (Å²) in [6, 6.07) is 13.3. The van der Waals surface area contributed by atoms with E-state index in [4.69, 9.17) is 14.3 Å². The zero-order valence-corrected chi connectivity index (χ0v) is 20.4. The quantitative estimate of drug-likeness (QED) is 0.429. The SMILES string of the molecule is CCC[N+](C)(c1cc(C)c(C)cc1OCc1ccc(C(=O)O)cc1)S(=O)(=O)c1ccc(C)o1. The minimum absolute atomic E-state index is 0.0793.